The Morgan fingerprint density at radius 1 is 1.55 bits per heavy atom. The summed E-state index contributed by atoms with van der Waals surface area (Å²) in [6.45, 7) is 0. The van der Waals surface area contributed by atoms with Crippen LogP contribution in [-0.2, 0) is 9.84 Å². The third-order valence-corrected chi connectivity index (χ3v) is 3.06. The minimum atomic E-state index is -2.82. The van der Waals surface area contributed by atoms with Gasteiger partial charge in [-0.25, -0.2) is 8.42 Å². The quantitative estimate of drug-likeness (QED) is 0.591. The molecule has 0 unspecified atom stereocenters. The second-order valence-corrected chi connectivity index (χ2v) is 5.56. The topological polar surface area (TPSA) is 34.1 Å². The lowest BCUT2D eigenvalue weighted by Crippen LogP contribution is -2.08. The fourth-order valence-electron chi connectivity index (χ4n) is 0.998. The maximum absolute atomic E-state index is 10.8. The van der Waals surface area contributed by atoms with Crippen molar-refractivity contribution in [3.05, 3.63) is 0 Å². The van der Waals surface area contributed by atoms with Crippen molar-refractivity contribution in [2.75, 3.05) is 12.0 Å². The third-order valence-electron chi connectivity index (χ3n) is 2.11. The first-order valence-corrected chi connectivity index (χ1v) is 5.69. The molecule has 0 spiro atoms. The second-order valence-electron chi connectivity index (χ2n) is 3.30. The first kappa shape index (κ1) is 8.61. The molecule has 0 atom stereocenters. The Labute approximate surface area is 67.9 Å². The van der Waals surface area contributed by atoms with E-state index < -0.39 is 9.84 Å². The molecule has 1 aliphatic rings. The van der Waals surface area contributed by atoms with E-state index in [0.717, 1.165) is 12.8 Å². The summed E-state index contributed by atoms with van der Waals surface area (Å²) in [6.07, 6.45) is 9.14. The average Bonchev–Trinajstić information content (AvgIpc) is 2.63. The van der Waals surface area contributed by atoms with E-state index in [1.54, 1.807) is 0 Å². The van der Waals surface area contributed by atoms with Gasteiger partial charge in [-0.15, -0.1) is 6.42 Å². The average molecular weight is 172 g/mol. The molecule has 1 aliphatic carbocycles. The van der Waals surface area contributed by atoms with Gasteiger partial charge in [-0.2, -0.15) is 0 Å². The largest absolute Gasteiger partial charge is 0.229 e. The Morgan fingerprint density at radius 3 is 2.36 bits per heavy atom. The minimum absolute atomic E-state index is 0.0525. The highest BCUT2D eigenvalue weighted by atomic mass is 32.2. The summed E-state index contributed by atoms with van der Waals surface area (Å²) in [4.78, 5) is 0. The summed E-state index contributed by atoms with van der Waals surface area (Å²) in [5.41, 5.74) is -0.0525. The van der Waals surface area contributed by atoms with E-state index in [0.29, 0.717) is 6.42 Å². The number of terminal acetylenes is 1. The first-order chi connectivity index (χ1) is 4.97. The van der Waals surface area contributed by atoms with Gasteiger partial charge in [0.05, 0.1) is 5.75 Å². The van der Waals surface area contributed by atoms with Gasteiger partial charge >= 0.3 is 0 Å². The van der Waals surface area contributed by atoms with E-state index in [-0.39, 0.29) is 11.2 Å². The van der Waals surface area contributed by atoms with Crippen molar-refractivity contribution in [3.63, 3.8) is 0 Å². The van der Waals surface area contributed by atoms with Gasteiger partial charge in [0, 0.05) is 11.7 Å². The molecule has 0 aromatic heterocycles. The molecule has 11 heavy (non-hydrogen) atoms. The molecule has 0 aromatic rings. The predicted octanol–water partition coefficient (Wildman–Crippen LogP) is 0.835. The van der Waals surface area contributed by atoms with E-state index in [4.69, 9.17) is 6.42 Å². The summed E-state index contributed by atoms with van der Waals surface area (Å²) in [7, 11) is -2.82. The number of sulfone groups is 1. The molecule has 0 saturated heterocycles. The van der Waals surface area contributed by atoms with E-state index in [1.807, 2.05) is 0 Å². The maximum atomic E-state index is 10.8. The first-order valence-electron chi connectivity index (χ1n) is 3.63. The molecule has 0 N–H and O–H groups in total. The summed E-state index contributed by atoms with van der Waals surface area (Å²) in [6, 6.07) is 0. The highest BCUT2D eigenvalue weighted by Gasteiger charge is 2.40. The Bertz CT molecular complexity index is 278. The standard InChI is InChI=1S/C8H12O2S/c1-3-8(4-5-8)6-7-11(2,9)10/h1H,4-7H2,2H3. The fraction of sp³-hybridized carbons (Fsp3) is 0.750. The highest BCUT2D eigenvalue weighted by Crippen LogP contribution is 2.48. The van der Waals surface area contributed by atoms with Crippen LogP contribution in [0.2, 0.25) is 0 Å². The van der Waals surface area contributed by atoms with Crippen LogP contribution in [0.3, 0.4) is 0 Å². The summed E-state index contributed by atoms with van der Waals surface area (Å²) in [5, 5.41) is 0. The lowest BCUT2D eigenvalue weighted by molar-refractivity contribution is 0.583. The van der Waals surface area contributed by atoms with Gasteiger partial charge in [-0.05, 0) is 19.3 Å². The molecule has 1 fully saturated rings. The molecular formula is C8H12O2S. The normalized spacial score (nSPS) is 20.7. The van der Waals surface area contributed by atoms with E-state index in [9.17, 15) is 8.42 Å². The van der Waals surface area contributed by atoms with Gasteiger partial charge in [0.25, 0.3) is 0 Å². The van der Waals surface area contributed by atoms with Gasteiger partial charge in [0.15, 0.2) is 0 Å². The van der Waals surface area contributed by atoms with Crippen LogP contribution in [0, 0.1) is 17.8 Å². The zero-order valence-corrected chi connectivity index (χ0v) is 7.45. The van der Waals surface area contributed by atoms with E-state index >= 15 is 0 Å². The van der Waals surface area contributed by atoms with Crippen LogP contribution in [0.4, 0.5) is 0 Å². The van der Waals surface area contributed by atoms with Crippen molar-refractivity contribution in [1.82, 2.24) is 0 Å². The van der Waals surface area contributed by atoms with Crippen LogP contribution >= 0.6 is 0 Å². The van der Waals surface area contributed by atoms with Crippen LogP contribution < -0.4 is 0 Å². The van der Waals surface area contributed by atoms with Crippen molar-refractivity contribution in [2.24, 2.45) is 5.41 Å². The van der Waals surface area contributed by atoms with Crippen LogP contribution in [0.25, 0.3) is 0 Å². The number of hydrogen-bond donors (Lipinski definition) is 0. The Balaban J connectivity index is 2.41. The van der Waals surface area contributed by atoms with Crippen molar-refractivity contribution in [3.8, 4) is 12.3 Å². The highest BCUT2D eigenvalue weighted by molar-refractivity contribution is 7.90. The van der Waals surface area contributed by atoms with Gasteiger partial charge in [0.1, 0.15) is 9.84 Å². The van der Waals surface area contributed by atoms with E-state index in [1.165, 1.54) is 6.26 Å². The molecule has 0 amide bonds. The molecule has 0 radical (unpaired) electrons. The van der Waals surface area contributed by atoms with Gasteiger partial charge < -0.3 is 0 Å². The number of hydrogen-bond acceptors (Lipinski definition) is 2. The Kier molecular flexibility index (Phi) is 1.98. The smallest absolute Gasteiger partial charge is 0.147 e. The van der Waals surface area contributed by atoms with Crippen molar-refractivity contribution in [2.45, 2.75) is 19.3 Å². The zero-order chi connectivity index (χ0) is 8.54. The predicted molar refractivity (Wildman–Crippen MR) is 44.8 cm³/mol. The molecule has 0 bridgehead atoms. The zero-order valence-electron chi connectivity index (χ0n) is 6.63. The van der Waals surface area contributed by atoms with Crippen LogP contribution in [0.1, 0.15) is 19.3 Å². The molecule has 0 aromatic carbocycles. The molecule has 1 rings (SSSR count). The molecular weight excluding hydrogens is 160 g/mol. The lowest BCUT2D eigenvalue weighted by Gasteiger charge is -2.04. The summed E-state index contributed by atoms with van der Waals surface area (Å²) >= 11 is 0. The molecule has 3 heteroatoms. The van der Waals surface area contributed by atoms with Crippen molar-refractivity contribution in [1.29, 1.82) is 0 Å². The van der Waals surface area contributed by atoms with Crippen molar-refractivity contribution >= 4 is 9.84 Å². The number of rotatable bonds is 3. The SMILES string of the molecule is C#CC1(CCS(C)(=O)=O)CC1. The van der Waals surface area contributed by atoms with Crippen LogP contribution in [0.15, 0.2) is 0 Å². The van der Waals surface area contributed by atoms with Crippen molar-refractivity contribution < 1.29 is 8.42 Å². The lowest BCUT2D eigenvalue weighted by atomic mass is 10.1. The molecule has 0 heterocycles. The fourth-order valence-corrected chi connectivity index (χ4v) is 1.76. The minimum Gasteiger partial charge on any atom is -0.229 e. The molecule has 62 valence electrons. The Hall–Kier alpha value is -0.490. The van der Waals surface area contributed by atoms with E-state index in [2.05, 4.69) is 5.92 Å². The maximum Gasteiger partial charge on any atom is 0.147 e. The monoisotopic (exact) mass is 172 g/mol. The van der Waals surface area contributed by atoms with Crippen LogP contribution in [-0.4, -0.2) is 20.4 Å². The van der Waals surface area contributed by atoms with Gasteiger partial charge in [-0.1, -0.05) is 5.92 Å². The second kappa shape index (κ2) is 2.53. The van der Waals surface area contributed by atoms with Gasteiger partial charge in [0.2, 0.25) is 0 Å². The Morgan fingerprint density at radius 2 is 2.09 bits per heavy atom. The van der Waals surface area contributed by atoms with Crippen LogP contribution in [0.5, 0.6) is 0 Å². The third kappa shape index (κ3) is 2.55. The molecule has 2 nitrogen and oxygen atoms in total. The van der Waals surface area contributed by atoms with Gasteiger partial charge in [-0.3, -0.25) is 0 Å². The molecule has 1 saturated carbocycles. The summed E-state index contributed by atoms with van der Waals surface area (Å²) < 4.78 is 21.5. The summed E-state index contributed by atoms with van der Waals surface area (Å²) in [5.74, 6) is 2.89. The molecule has 0 aliphatic heterocycles.